The summed E-state index contributed by atoms with van der Waals surface area (Å²) >= 11 is 0. The van der Waals surface area contributed by atoms with Crippen molar-refractivity contribution in [2.75, 3.05) is 11.5 Å². The Bertz CT molecular complexity index is 542. The van der Waals surface area contributed by atoms with Gasteiger partial charge >= 0.3 is 0 Å². The van der Waals surface area contributed by atoms with Crippen LogP contribution in [0.2, 0.25) is 0 Å². The Balaban J connectivity index is 2.12. The Morgan fingerprint density at radius 3 is 2.68 bits per heavy atom. The topological polar surface area (TPSA) is 69.0 Å². The van der Waals surface area contributed by atoms with E-state index in [4.69, 9.17) is 0 Å². The van der Waals surface area contributed by atoms with E-state index in [1.807, 2.05) is 0 Å². The number of rotatable bonds is 6. The maximum absolute atomic E-state index is 11.5. The first-order valence-electron chi connectivity index (χ1n) is 6.78. The van der Waals surface area contributed by atoms with Crippen LogP contribution in [0.3, 0.4) is 0 Å². The van der Waals surface area contributed by atoms with Crippen molar-refractivity contribution in [1.82, 2.24) is 9.78 Å². The lowest BCUT2D eigenvalue weighted by atomic mass is 10.0. The highest BCUT2D eigenvalue weighted by atomic mass is 32.2. The van der Waals surface area contributed by atoms with Gasteiger partial charge in [0.05, 0.1) is 23.6 Å². The molecule has 1 aliphatic rings. The molecule has 106 valence electrons. The summed E-state index contributed by atoms with van der Waals surface area (Å²) in [5.41, 5.74) is 1.46. The van der Waals surface area contributed by atoms with Crippen molar-refractivity contribution in [3.05, 3.63) is 17.5 Å². The summed E-state index contributed by atoms with van der Waals surface area (Å²) in [4.78, 5) is 11.1. The van der Waals surface area contributed by atoms with Crippen molar-refractivity contribution in [2.24, 2.45) is 0 Å². The fraction of sp³-hybridized carbons (Fsp3) is 0.692. The van der Waals surface area contributed by atoms with Gasteiger partial charge in [0.25, 0.3) is 0 Å². The van der Waals surface area contributed by atoms with Gasteiger partial charge in [0.15, 0.2) is 16.1 Å². The van der Waals surface area contributed by atoms with Crippen LogP contribution < -0.4 is 0 Å². The first-order chi connectivity index (χ1) is 9.05. The van der Waals surface area contributed by atoms with Crippen LogP contribution in [-0.2, 0) is 16.4 Å². The zero-order chi connectivity index (χ0) is 13.9. The molecule has 0 N–H and O–H groups in total. The molecular weight excluding hydrogens is 264 g/mol. The molecule has 0 spiro atoms. The Labute approximate surface area is 113 Å². The van der Waals surface area contributed by atoms with E-state index in [9.17, 15) is 13.2 Å². The number of sulfone groups is 1. The zero-order valence-electron chi connectivity index (χ0n) is 11.2. The average molecular weight is 284 g/mol. The summed E-state index contributed by atoms with van der Waals surface area (Å²) in [5.74, 6) is 0.585. The highest BCUT2D eigenvalue weighted by Crippen LogP contribution is 2.34. The lowest BCUT2D eigenvalue weighted by molar-refractivity contribution is 0.112. The fourth-order valence-corrected chi connectivity index (χ4v) is 3.30. The summed E-state index contributed by atoms with van der Waals surface area (Å²) in [6, 6.07) is 0. The summed E-state index contributed by atoms with van der Waals surface area (Å²) < 4.78 is 24.6. The van der Waals surface area contributed by atoms with Crippen LogP contribution in [-0.4, -0.2) is 36.0 Å². The number of nitrogens with zero attached hydrogens (tertiary/aromatic N) is 2. The van der Waals surface area contributed by atoms with E-state index in [0.717, 1.165) is 24.8 Å². The van der Waals surface area contributed by atoms with Crippen molar-refractivity contribution >= 4 is 16.1 Å². The number of carbonyl (C=O) groups is 1. The monoisotopic (exact) mass is 284 g/mol. The van der Waals surface area contributed by atoms with Crippen LogP contribution in [0.15, 0.2) is 6.20 Å². The standard InChI is InChI=1S/C13H20N2O3S/c1-2-19(17,18)8-7-15-9-12(10-16)13(14-15)11-5-3-4-6-11/h9-11H,2-8H2,1H3. The highest BCUT2D eigenvalue weighted by Gasteiger charge is 2.23. The SMILES string of the molecule is CCS(=O)(=O)CCn1cc(C=O)c(C2CCCC2)n1. The summed E-state index contributed by atoms with van der Waals surface area (Å²) in [6.45, 7) is 1.96. The van der Waals surface area contributed by atoms with Gasteiger partial charge in [0, 0.05) is 17.9 Å². The second-order valence-corrected chi connectivity index (χ2v) is 7.54. The average Bonchev–Trinajstić information content (AvgIpc) is 3.05. The summed E-state index contributed by atoms with van der Waals surface area (Å²) in [6.07, 6.45) is 7.01. The molecule has 1 aliphatic carbocycles. The number of aryl methyl sites for hydroxylation is 1. The van der Waals surface area contributed by atoms with E-state index in [0.29, 0.717) is 18.0 Å². The summed E-state index contributed by atoms with van der Waals surface area (Å²) in [5, 5.41) is 4.42. The lowest BCUT2D eigenvalue weighted by Gasteiger charge is -2.05. The molecule has 1 saturated carbocycles. The van der Waals surface area contributed by atoms with Gasteiger partial charge in [0.1, 0.15) is 0 Å². The Morgan fingerprint density at radius 1 is 1.42 bits per heavy atom. The molecule has 0 aromatic carbocycles. The molecule has 1 aromatic heterocycles. The lowest BCUT2D eigenvalue weighted by Crippen LogP contribution is -2.15. The van der Waals surface area contributed by atoms with Gasteiger partial charge in [-0.2, -0.15) is 5.10 Å². The third-order valence-electron chi connectivity index (χ3n) is 3.76. The largest absolute Gasteiger partial charge is 0.298 e. The van der Waals surface area contributed by atoms with E-state index in [2.05, 4.69) is 5.10 Å². The molecule has 2 rings (SSSR count). The zero-order valence-corrected chi connectivity index (χ0v) is 12.0. The predicted octanol–water partition coefficient (Wildman–Crippen LogP) is 1.79. The molecule has 0 bridgehead atoms. The molecule has 5 nitrogen and oxygen atoms in total. The maximum Gasteiger partial charge on any atom is 0.153 e. The predicted molar refractivity (Wildman–Crippen MR) is 73.2 cm³/mol. The van der Waals surface area contributed by atoms with Gasteiger partial charge < -0.3 is 0 Å². The summed E-state index contributed by atoms with van der Waals surface area (Å²) in [7, 11) is -3.00. The molecule has 1 aromatic rings. The quantitative estimate of drug-likeness (QED) is 0.747. The van der Waals surface area contributed by atoms with Crippen LogP contribution in [0.4, 0.5) is 0 Å². The molecule has 19 heavy (non-hydrogen) atoms. The molecule has 6 heteroatoms. The molecule has 0 saturated heterocycles. The normalized spacial score (nSPS) is 16.9. The van der Waals surface area contributed by atoms with E-state index < -0.39 is 9.84 Å². The third kappa shape index (κ3) is 3.43. The van der Waals surface area contributed by atoms with Gasteiger partial charge in [-0.15, -0.1) is 0 Å². The van der Waals surface area contributed by atoms with Crippen LogP contribution >= 0.6 is 0 Å². The third-order valence-corrected chi connectivity index (χ3v) is 5.44. The molecule has 0 radical (unpaired) electrons. The van der Waals surface area contributed by atoms with E-state index in [-0.39, 0.29) is 11.5 Å². The Kier molecular flexibility index (Phi) is 4.39. The molecule has 0 atom stereocenters. The van der Waals surface area contributed by atoms with Gasteiger partial charge in [-0.1, -0.05) is 19.8 Å². The minimum absolute atomic E-state index is 0.0770. The fourth-order valence-electron chi connectivity index (χ4n) is 2.55. The van der Waals surface area contributed by atoms with Crippen LogP contribution in [0.25, 0.3) is 0 Å². The van der Waals surface area contributed by atoms with Crippen molar-refractivity contribution in [3.63, 3.8) is 0 Å². The van der Waals surface area contributed by atoms with Gasteiger partial charge in [-0.25, -0.2) is 8.42 Å². The highest BCUT2D eigenvalue weighted by molar-refractivity contribution is 7.91. The van der Waals surface area contributed by atoms with Crippen molar-refractivity contribution in [3.8, 4) is 0 Å². The van der Waals surface area contributed by atoms with Crippen molar-refractivity contribution in [2.45, 2.75) is 45.1 Å². The molecule has 1 fully saturated rings. The first kappa shape index (κ1) is 14.2. The second-order valence-electron chi connectivity index (χ2n) is 5.07. The van der Waals surface area contributed by atoms with Gasteiger partial charge in [0.2, 0.25) is 0 Å². The van der Waals surface area contributed by atoms with Crippen molar-refractivity contribution in [1.29, 1.82) is 0 Å². The Morgan fingerprint density at radius 2 is 2.11 bits per heavy atom. The van der Waals surface area contributed by atoms with Crippen molar-refractivity contribution < 1.29 is 13.2 Å². The molecule has 1 heterocycles. The first-order valence-corrected chi connectivity index (χ1v) is 8.61. The second kappa shape index (κ2) is 5.86. The molecule has 0 aliphatic heterocycles. The van der Waals surface area contributed by atoms with Crippen LogP contribution in [0, 0.1) is 0 Å². The Hall–Kier alpha value is -1.17. The minimum Gasteiger partial charge on any atom is -0.298 e. The number of hydrogen-bond acceptors (Lipinski definition) is 4. The maximum atomic E-state index is 11.5. The van der Waals surface area contributed by atoms with E-state index in [1.54, 1.807) is 17.8 Å². The smallest absolute Gasteiger partial charge is 0.153 e. The van der Waals surface area contributed by atoms with E-state index in [1.165, 1.54) is 12.8 Å². The van der Waals surface area contributed by atoms with Gasteiger partial charge in [-0.05, 0) is 12.8 Å². The number of aldehydes is 1. The number of carbonyl (C=O) groups excluding carboxylic acids is 1. The van der Waals surface area contributed by atoms with Gasteiger partial charge in [-0.3, -0.25) is 9.48 Å². The van der Waals surface area contributed by atoms with Crippen LogP contribution in [0.1, 0.15) is 54.6 Å². The minimum atomic E-state index is -3.00. The molecule has 0 amide bonds. The number of hydrogen-bond donors (Lipinski definition) is 0. The molecular formula is C13H20N2O3S. The number of aromatic nitrogens is 2. The van der Waals surface area contributed by atoms with Crippen LogP contribution in [0.5, 0.6) is 0 Å². The van der Waals surface area contributed by atoms with E-state index >= 15 is 0 Å². The molecule has 0 unspecified atom stereocenters.